The lowest BCUT2D eigenvalue weighted by atomic mass is 9.91. The number of hydrogen-bond donors (Lipinski definition) is 0. The summed E-state index contributed by atoms with van der Waals surface area (Å²) in [5, 5.41) is -4.88. The molecule has 392 valence electrons. The molecule has 69 heavy (non-hydrogen) atoms. The number of benzene rings is 2. The minimum absolute atomic E-state index is 0.00391. The number of carbonyl (C=O) groups excluding carboxylic acids is 2. The molecule has 0 spiro atoms. The quantitative estimate of drug-likeness (QED) is 0.0519. The molecule has 1 fully saturated rings. The van der Waals surface area contributed by atoms with Crippen LogP contribution in [-0.2, 0) is 51.1 Å². The second-order valence-electron chi connectivity index (χ2n) is 18.3. The van der Waals surface area contributed by atoms with Gasteiger partial charge in [-0.05, 0) is 57.2 Å². The van der Waals surface area contributed by atoms with Crippen LogP contribution < -0.4 is 28.4 Å². The fraction of sp³-hybridized carbons (Fsp3) is 0.720. The monoisotopic (exact) mass is 1000 g/mol. The molecule has 2 aromatic carbocycles. The molecular weight excluding hydrogens is 923 g/mol. The highest BCUT2D eigenvalue weighted by atomic mass is 32.2. The van der Waals surface area contributed by atoms with Crippen LogP contribution in [0.4, 0.5) is 8.78 Å². The topological polar surface area (TPSA) is 167 Å². The first kappa shape index (κ1) is 55.8. The van der Waals surface area contributed by atoms with E-state index in [1.807, 2.05) is 0 Å². The van der Waals surface area contributed by atoms with E-state index in [4.69, 9.17) is 48.2 Å². The summed E-state index contributed by atoms with van der Waals surface area (Å²) in [6.45, 7) is 5.12. The Morgan fingerprint density at radius 2 is 1.32 bits per heavy atom. The predicted octanol–water partition coefficient (Wildman–Crippen LogP) is 9.03. The summed E-state index contributed by atoms with van der Waals surface area (Å²) in [7, 11) is 3.15. The zero-order chi connectivity index (χ0) is 51.7. The van der Waals surface area contributed by atoms with E-state index in [9.17, 15) is 18.0 Å². The molecule has 19 heteroatoms. The van der Waals surface area contributed by atoms with Crippen molar-refractivity contribution in [3.8, 4) is 34.5 Å². The van der Waals surface area contributed by atoms with Gasteiger partial charge in [-0.3, -0.25) is 13.8 Å². The van der Waals surface area contributed by atoms with Crippen LogP contribution in [0.5, 0.6) is 34.5 Å². The number of ether oxygens (including phenoxy) is 9. The molecular formula is C50H78F2N2O14S. The van der Waals surface area contributed by atoms with E-state index in [1.54, 1.807) is 32.0 Å². The minimum atomic E-state index is -5.83. The number of fused-ring (bicyclic) bond motifs is 1. The normalized spacial score (nSPS) is 17.8. The zero-order valence-electron chi connectivity index (χ0n) is 43.5. The van der Waals surface area contributed by atoms with Crippen LogP contribution in [-0.4, -0.2) is 130 Å². The summed E-state index contributed by atoms with van der Waals surface area (Å²) >= 11 is 0. The lowest BCUT2D eigenvalue weighted by Crippen LogP contribution is -2.53. The molecule has 0 N–H and O–H groups in total. The van der Waals surface area contributed by atoms with Crippen LogP contribution in [0.15, 0.2) is 18.2 Å². The molecule has 2 atom stereocenters. The van der Waals surface area contributed by atoms with Gasteiger partial charge in [0.25, 0.3) is 0 Å². The Balaban J connectivity index is 1.49. The van der Waals surface area contributed by atoms with Gasteiger partial charge < -0.3 is 52.4 Å². The van der Waals surface area contributed by atoms with Crippen LogP contribution >= 0.6 is 0 Å². The molecule has 0 saturated carbocycles. The van der Waals surface area contributed by atoms with Gasteiger partial charge in [0.1, 0.15) is 30.0 Å². The Bertz CT molecular complexity index is 2060. The molecule has 0 bridgehead atoms. The summed E-state index contributed by atoms with van der Waals surface area (Å²) in [5.41, 5.74) is 0.197. The van der Waals surface area contributed by atoms with Gasteiger partial charge in [0.05, 0.1) is 79.5 Å². The van der Waals surface area contributed by atoms with Crippen LogP contribution in [0.2, 0.25) is 0 Å². The Morgan fingerprint density at radius 3 is 1.84 bits per heavy atom. The highest BCUT2D eigenvalue weighted by Gasteiger charge is 2.57. The van der Waals surface area contributed by atoms with Gasteiger partial charge in [0.2, 0.25) is 11.7 Å². The molecule has 2 aliphatic rings. The molecule has 0 aromatic heterocycles. The van der Waals surface area contributed by atoms with Crippen molar-refractivity contribution in [2.75, 3.05) is 88.7 Å². The summed E-state index contributed by atoms with van der Waals surface area (Å²) in [6, 6.07) is 5.10. The fourth-order valence-electron chi connectivity index (χ4n) is 8.20. The lowest BCUT2D eigenvalue weighted by Gasteiger charge is -2.42. The Kier molecular flexibility index (Phi) is 21.7. The van der Waals surface area contributed by atoms with E-state index < -0.39 is 70.7 Å². The molecule has 0 radical (unpaired) electrons. The van der Waals surface area contributed by atoms with Crippen LogP contribution in [0.3, 0.4) is 0 Å². The fourth-order valence-corrected chi connectivity index (χ4v) is 9.10. The Hall–Kier alpha value is -4.17. The van der Waals surface area contributed by atoms with Crippen LogP contribution in [0.1, 0.15) is 135 Å². The standard InChI is InChI=1S/C50H78F2N2O14S/c1-11-13-15-17-19-21-25-54(26-22-20-18-16-14-12-2)47(56)50(51,52)69(57,58)67-35-49(33-65-48(3,4)66-34-49)32-64-31-44(55)53(5)30-38-41(60-7)29-40(59-6)37-23-24-39(68-45(37)38)36-27-42(61-8)46(63-10)43(28-36)62-9/h27-29,39H,11-26,30-35H2,1-10H3/t39-/m1/s1/i24D/t24-,39-. The maximum absolute atomic E-state index is 15.9. The van der Waals surface area contributed by atoms with Crippen molar-refractivity contribution in [2.24, 2.45) is 5.41 Å². The summed E-state index contributed by atoms with van der Waals surface area (Å²) in [5.74, 6) is -1.16. The largest absolute Gasteiger partial charge is 0.496 e. The van der Waals surface area contributed by atoms with Gasteiger partial charge in [-0.2, -0.15) is 17.2 Å². The second-order valence-corrected chi connectivity index (χ2v) is 19.9. The molecule has 0 unspecified atom stereocenters. The third-order valence-corrected chi connectivity index (χ3v) is 13.7. The Morgan fingerprint density at radius 1 is 0.783 bits per heavy atom. The molecule has 4 rings (SSSR count). The molecule has 1 saturated heterocycles. The van der Waals surface area contributed by atoms with E-state index >= 15 is 8.78 Å². The molecule has 0 aliphatic carbocycles. The van der Waals surface area contributed by atoms with E-state index in [2.05, 4.69) is 13.8 Å². The van der Waals surface area contributed by atoms with E-state index in [1.165, 1.54) is 47.5 Å². The lowest BCUT2D eigenvalue weighted by molar-refractivity contribution is -0.295. The number of likely N-dealkylation sites (N-methyl/N-ethyl adjacent to an activating group) is 1. The minimum Gasteiger partial charge on any atom is -0.496 e. The first-order valence-electron chi connectivity index (χ1n) is 24.7. The number of carbonyl (C=O) groups is 2. The van der Waals surface area contributed by atoms with Crippen molar-refractivity contribution in [2.45, 2.75) is 141 Å². The van der Waals surface area contributed by atoms with Gasteiger partial charge >= 0.3 is 21.3 Å². The number of halogens is 2. The van der Waals surface area contributed by atoms with E-state index in [0.717, 1.165) is 69.1 Å². The third kappa shape index (κ3) is 15.4. The Labute approximate surface area is 410 Å². The number of rotatable bonds is 31. The van der Waals surface area contributed by atoms with Gasteiger partial charge in [0, 0.05) is 33.1 Å². The zero-order valence-corrected chi connectivity index (χ0v) is 43.3. The summed E-state index contributed by atoms with van der Waals surface area (Å²) < 4.78 is 125. The number of hydrogen-bond acceptors (Lipinski definition) is 14. The number of methoxy groups -OCH3 is 5. The molecule has 2 heterocycles. The van der Waals surface area contributed by atoms with Crippen molar-refractivity contribution >= 4 is 21.9 Å². The van der Waals surface area contributed by atoms with E-state index in [-0.39, 0.29) is 39.3 Å². The van der Waals surface area contributed by atoms with Crippen molar-refractivity contribution in [3.05, 3.63) is 34.9 Å². The predicted molar refractivity (Wildman–Crippen MR) is 256 cm³/mol. The average Bonchev–Trinajstić information content (AvgIpc) is 3.34. The second kappa shape index (κ2) is 26.9. The maximum Gasteiger partial charge on any atom is 0.447 e. The van der Waals surface area contributed by atoms with Crippen molar-refractivity contribution < 1.29 is 75.0 Å². The van der Waals surface area contributed by atoms with E-state index in [0.29, 0.717) is 64.0 Å². The first-order valence-corrected chi connectivity index (χ1v) is 25.5. The van der Waals surface area contributed by atoms with Crippen LogP contribution in [0, 0.1) is 5.41 Å². The highest BCUT2D eigenvalue weighted by molar-refractivity contribution is 7.88. The van der Waals surface area contributed by atoms with Gasteiger partial charge in [-0.15, -0.1) is 0 Å². The molecule has 2 aromatic rings. The number of unbranched alkanes of at least 4 members (excludes halogenated alkanes) is 10. The van der Waals surface area contributed by atoms with Gasteiger partial charge in [-0.1, -0.05) is 78.1 Å². The number of alkyl halides is 2. The number of amides is 2. The van der Waals surface area contributed by atoms with Gasteiger partial charge in [0.15, 0.2) is 17.3 Å². The van der Waals surface area contributed by atoms with Crippen molar-refractivity contribution in [3.63, 3.8) is 0 Å². The van der Waals surface area contributed by atoms with Crippen LogP contribution in [0.25, 0.3) is 0 Å². The maximum atomic E-state index is 15.9. The SMILES string of the molecule is [2H][C@@H]1Cc2c(OC)cc(OC)c(CN(C)C(=O)COCC3(COS(=O)(=O)C(F)(F)C(=O)N(CCCCCCCC)CCCCCCCC)COC(C)(C)OC3)c2O[C@H]1c1cc(OC)c(OC)c(OC)c1. The van der Waals surface area contributed by atoms with Crippen molar-refractivity contribution in [1.82, 2.24) is 9.80 Å². The first-order chi connectivity index (χ1) is 33.3. The molecule has 16 nitrogen and oxygen atoms in total. The highest BCUT2D eigenvalue weighted by Crippen LogP contribution is 2.48. The smallest absolute Gasteiger partial charge is 0.447 e. The molecule has 2 amide bonds. The van der Waals surface area contributed by atoms with Crippen molar-refractivity contribution in [1.29, 1.82) is 0 Å². The summed E-state index contributed by atoms with van der Waals surface area (Å²) in [6.07, 6.45) is 8.94. The number of nitrogens with zero attached hydrogens (tertiary/aromatic N) is 2. The molecule has 2 aliphatic heterocycles. The van der Waals surface area contributed by atoms with Gasteiger partial charge in [-0.25, -0.2) is 0 Å². The summed E-state index contributed by atoms with van der Waals surface area (Å²) in [4.78, 5) is 29.6. The third-order valence-electron chi connectivity index (χ3n) is 12.5. The average molecular weight is 1000 g/mol.